The Labute approximate surface area is 123 Å². The highest BCUT2D eigenvalue weighted by atomic mass is 19.1. The zero-order valence-corrected chi connectivity index (χ0v) is 11.9. The van der Waals surface area contributed by atoms with Gasteiger partial charge in [-0.25, -0.2) is 4.39 Å². The van der Waals surface area contributed by atoms with E-state index in [-0.39, 0.29) is 11.9 Å². The van der Waals surface area contributed by atoms with Gasteiger partial charge in [-0.05, 0) is 19.2 Å². The first-order valence-corrected chi connectivity index (χ1v) is 7.00. The predicted molar refractivity (Wildman–Crippen MR) is 78.6 cm³/mol. The largest absolute Gasteiger partial charge is 0.491 e. The quantitative estimate of drug-likeness (QED) is 0.942. The molecule has 2 unspecified atom stereocenters. The Kier molecular flexibility index (Phi) is 3.90. The lowest BCUT2D eigenvalue weighted by Crippen LogP contribution is -2.43. The van der Waals surface area contributed by atoms with E-state index in [1.165, 1.54) is 6.07 Å². The van der Waals surface area contributed by atoms with Crippen LogP contribution in [0.1, 0.15) is 17.2 Å². The summed E-state index contributed by atoms with van der Waals surface area (Å²) in [4.78, 5) is 1.93. The molecule has 21 heavy (non-hydrogen) atoms. The number of fused-ring (bicyclic) bond motifs is 1. The van der Waals surface area contributed by atoms with Gasteiger partial charge in [-0.2, -0.15) is 0 Å². The molecule has 110 valence electrons. The minimum Gasteiger partial charge on any atom is -0.491 e. The van der Waals surface area contributed by atoms with Crippen LogP contribution in [0.5, 0.6) is 5.75 Å². The molecule has 0 saturated carbocycles. The van der Waals surface area contributed by atoms with E-state index < -0.39 is 6.10 Å². The fourth-order valence-corrected chi connectivity index (χ4v) is 2.71. The minimum atomic E-state index is -0.633. The second-order valence-corrected chi connectivity index (χ2v) is 5.37. The number of hydrogen-bond donors (Lipinski definition) is 1. The average Bonchev–Trinajstić information content (AvgIpc) is 2.50. The van der Waals surface area contributed by atoms with Crippen molar-refractivity contribution >= 4 is 0 Å². The number of rotatable bonds is 3. The normalized spacial score (nSPS) is 21.0. The van der Waals surface area contributed by atoms with E-state index in [2.05, 4.69) is 0 Å². The van der Waals surface area contributed by atoms with Crippen molar-refractivity contribution in [2.45, 2.75) is 18.7 Å². The smallest absolute Gasteiger partial charge is 0.127 e. The molecule has 0 bridgehead atoms. The highest BCUT2D eigenvalue weighted by molar-refractivity contribution is 5.37. The number of aliphatic hydroxyl groups excluding tert-OH is 1. The Bertz CT molecular complexity index is 632. The van der Waals surface area contributed by atoms with Gasteiger partial charge in [-0.1, -0.05) is 36.4 Å². The van der Waals surface area contributed by atoms with Gasteiger partial charge in [-0.15, -0.1) is 0 Å². The number of nitrogens with zero attached hydrogens (tertiary/aromatic N) is 1. The molecule has 0 saturated heterocycles. The van der Waals surface area contributed by atoms with Crippen molar-refractivity contribution in [3.63, 3.8) is 0 Å². The topological polar surface area (TPSA) is 32.7 Å². The van der Waals surface area contributed by atoms with Crippen LogP contribution in [0.15, 0.2) is 48.5 Å². The predicted octanol–water partition coefficient (Wildman–Crippen LogP) is 2.75. The van der Waals surface area contributed by atoms with Crippen LogP contribution in [0, 0.1) is 5.82 Å². The van der Waals surface area contributed by atoms with Crippen LogP contribution in [-0.4, -0.2) is 29.7 Å². The van der Waals surface area contributed by atoms with E-state index in [0.29, 0.717) is 18.7 Å². The number of para-hydroxylation sites is 1. The van der Waals surface area contributed by atoms with Crippen LogP contribution in [0.25, 0.3) is 0 Å². The minimum absolute atomic E-state index is 0.195. The van der Waals surface area contributed by atoms with Gasteiger partial charge in [-0.3, -0.25) is 4.90 Å². The fraction of sp³-hybridized carbons (Fsp3) is 0.294. The third-order valence-corrected chi connectivity index (χ3v) is 3.96. The van der Waals surface area contributed by atoms with Gasteiger partial charge in [0, 0.05) is 17.7 Å². The lowest BCUT2D eigenvalue weighted by atomic mass is 9.98. The molecular weight excluding hydrogens is 269 g/mol. The number of hydrogen-bond acceptors (Lipinski definition) is 3. The van der Waals surface area contributed by atoms with Crippen molar-refractivity contribution in [2.75, 3.05) is 13.7 Å². The summed E-state index contributed by atoms with van der Waals surface area (Å²) in [6, 6.07) is 14.0. The van der Waals surface area contributed by atoms with E-state index in [9.17, 15) is 9.50 Å². The molecule has 4 heteroatoms. The Hall–Kier alpha value is -1.91. The Morgan fingerprint density at radius 2 is 1.90 bits per heavy atom. The maximum Gasteiger partial charge on any atom is 0.127 e. The first-order chi connectivity index (χ1) is 10.2. The summed E-state index contributed by atoms with van der Waals surface area (Å²) in [5.41, 5.74) is 1.40. The molecule has 0 radical (unpaired) electrons. The molecule has 0 spiro atoms. The van der Waals surface area contributed by atoms with Gasteiger partial charge in [0.1, 0.15) is 24.3 Å². The second-order valence-electron chi connectivity index (χ2n) is 5.37. The Balaban J connectivity index is 1.77. The summed E-state index contributed by atoms with van der Waals surface area (Å²) in [6.07, 6.45) is -0.633. The number of likely N-dealkylation sites (N-methyl/N-ethyl adjacent to an activating group) is 1. The van der Waals surface area contributed by atoms with Gasteiger partial charge in [0.15, 0.2) is 0 Å². The maximum absolute atomic E-state index is 13.7. The molecule has 1 aliphatic heterocycles. The van der Waals surface area contributed by atoms with Gasteiger partial charge in [0.05, 0.1) is 6.04 Å². The number of halogens is 1. The lowest BCUT2D eigenvalue weighted by Gasteiger charge is -2.36. The lowest BCUT2D eigenvalue weighted by molar-refractivity contribution is 0.0114. The van der Waals surface area contributed by atoms with E-state index in [1.54, 1.807) is 12.1 Å². The summed E-state index contributed by atoms with van der Waals surface area (Å²) in [7, 11) is 1.87. The SMILES string of the molecule is CN(Cc1ccccc1F)C1COc2ccccc2C1O. The summed E-state index contributed by atoms with van der Waals surface area (Å²) < 4.78 is 19.4. The second kappa shape index (κ2) is 5.84. The van der Waals surface area contributed by atoms with Crippen LogP contribution in [0.2, 0.25) is 0 Å². The Morgan fingerprint density at radius 3 is 2.71 bits per heavy atom. The number of ether oxygens (including phenoxy) is 1. The first kappa shape index (κ1) is 14.0. The van der Waals surface area contributed by atoms with Gasteiger partial charge in [0.2, 0.25) is 0 Å². The van der Waals surface area contributed by atoms with E-state index >= 15 is 0 Å². The summed E-state index contributed by atoms with van der Waals surface area (Å²) >= 11 is 0. The molecule has 2 atom stereocenters. The van der Waals surface area contributed by atoms with Crippen LogP contribution in [0.3, 0.4) is 0 Å². The maximum atomic E-state index is 13.7. The monoisotopic (exact) mass is 287 g/mol. The molecule has 1 aliphatic rings. The molecular formula is C17H18FNO2. The molecule has 3 nitrogen and oxygen atoms in total. The zero-order valence-electron chi connectivity index (χ0n) is 11.9. The van der Waals surface area contributed by atoms with Crippen LogP contribution in [-0.2, 0) is 6.54 Å². The first-order valence-electron chi connectivity index (χ1n) is 7.00. The molecule has 0 aromatic heterocycles. The van der Waals surface area contributed by atoms with Gasteiger partial charge < -0.3 is 9.84 Å². The van der Waals surface area contributed by atoms with Crippen LogP contribution < -0.4 is 4.74 Å². The molecule has 1 heterocycles. The van der Waals surface area contributed by atoms with Crippen molar-refractivity contribution in [1.82, 2.24) is 4.90 Å². The number of aliphatic hydroxyl groups is 1. The van der Waals surface area contributed by atoms with Crippen molar-refractivity contribution in [1.29, 1.82) is 0 Å². The van der Waals surface area contributed by atoms with Gasteiger partial charge >= 0.3 is 0 Å². The average molecular weight is 287 g/mol. The Morgan fingerprint density at radius 1 is 1.19 bits per heavy atom. The van der Waals surface area contributed by atoms with E-state index in [1.807, 2.05) is 42.3 Å². The van der Waals surface area contributed by atoms with E-state index in [0.717, 1.165) is 11.3 Å². The summed E-state index contributed by atoms with van der Waals surface area (Å²) in [5, 5.41) is 10.5. The number of benzene rings is 2. The molecule has 3 rings (SSSR count). The fourth-order valence-electron chi connectivity index (χ4n) is 2.71. The summed E-state index contributed by atoms with van der Waals surface area (Å²) in [5.74, 6) is 0.497. The third-order valence-electron chi connectivity index (χ3n) is 3.96. The highest BCUT2D eigenvalue weighted by Gasteiger charge is 2.32. The molecule has 0 aliphatic carbocycles. The molecule has 2 aromatic rings. The third kappa shape index (κ3) is 2.77. The van der Waals surface area contributed by atoms with Crippen molar-refractivity contribution in [3.8, 4) is 5.75 Å². The highest BCUT2D eigenvalue weighted by Crippen LogP contribution is 2.34. The molecule has 1 N–H and O–H groups in total. The molecule has 0 amide bonds. The standard InChI is InChI=1S/C17H18FNO2/c1-19(10-12-6-2-4-8-14(12)18)15-11-21-16-9-5-3-7-13(16)17(15)20/h2-9,15,17,20H,10-11H2,1H3. The molecule has 2 aromatic carbocycles. The van der Waals surface area contributed by atoms with E-state index in [4.69, 9.17) is 4.74 Å². The van der Waals surface area contributed by atoms with Crippen molar-refractivity contribution in [3.05, 3.63) is 65.5 Å². The van der Waals surface area contributed by atoms with Crippen LogP contribution in [0.4, 0.5) is 4.39 Å². The van der Waals surface area contributed by atoms with Crippen LogP contribution >= 0.6 is 0 Å². The summed E-state index contributed by atoms with van der Waals surface area (Å²) in [6.45, 7) is 0.822. The zero-order chi connectivity index (χ0) is 14.8. The molecule has 0 fully saturated rings. The van der Waals surface area contributed by atoms with Crippen molar-refractivity contribution in [2.24, 2.45) is 0 Å². The van der Waals surface area contributed by atoms with Crippen molar-refractivity contribution < 1.29 is 14.2 Å². The van der Waals surface area contributed by atoms with Gasteiger partial charge in [0.25, 0.3) is 0 Å².